The molecule has 2 aromatic heterocycles. The van der Waals surface area contributed by atoms with Crippen molar-refractivity contribution < 1.29 is 18.0 Å². The van der Waals surface area contributed by atoms with Crippen molar-refractivity contribution >= 4 is 28.2 Å². The van der Waals surface area contributed by atoms with Crippen molar-refractivity contribution in [2.45, 2.75) is 25.1 Å². The maximum absolute atomic E-state index is 12.9. The number of amides is 1. The normalized spacial score (nSPS) is 16.6. The summed E-state index contributed by atoms with van der Waals surface area (Å²) in [6, 6.07) is 10.8. The number of nitrogens with two attached hydrogens (primary N) is 1. The molecule has 182 valence electrons. The number of aromatic amines is 1. The van der Waals surface area contributed by atoms with Crippen LogP contribution in [-0.2, 0) is 13.2 Å². The van der Waals surface area contributed by atoms with Crippen LogP contribution in [-0.4, -0.2) is 39.8 Å². The molecule has 1 atom stereocenters. The zero-order chi connectivity index (χ0) is 24.7. The van der Waals surface area contributed by atoms with Gasteiger partial charge in [0, 0.05) is 60.4 Å². The number of piperidine rings is 1. The quantitative estimate of drug-likeness (QED) is 0.382. The fraction of sp³-hybridized carbons (Fsp3) is 0.280. The second-order valence-corrected chi connectivity index (χ2v) is 8.88. The number of halogens is 3. The van der Waals surface area contributed by atoms with E-state index in [2.05, 4.69) is 20.3 Å². The molecule has 10 heteroatoms. The van der Waals surface area contributed by atoms with Gasteiger partial charge >= 0.3 is 6.18 Å². The fourth-order valence-corrected chi connectivity index (χ4v) is 4.71. The predicted octanol–water partition coefficient (Wildman–Crippen LogP) is 4.77. The molecule has 1 saturated heterocycles. The van der Waals surface area contributed by atoms with Crippen LogP contribution in [0.15, 0.2) is 54.9 Å². The predicted molar refractivity (Wildman–Crippen MR) is 129 cm³/mol. The maximum atomic E-state index is 12.9. The summed E-state index contributed by atoms with van der Waals surface area (Å²) in [5, 5.41) is 8.48. The van der Waals surface area contributed by atoms with Crippen LogP contribution >= 0.6 is 0 Å². The molecule has 1 fully saturated rings. The van der Waals surface area contributed by atoms with Gasteiger partial charge in [-0.3, -0.25) is 9.48 Å². The summed E-state index contributed by atoms with van der Waals surface area (Å²) in [4.78, 5) is 17.7. The molecule has 35 heavy (non-hydrogen) atoms. The van der Waals surface area contributed by atoms with Crippen LogP contribution in [0.25, 0.3) is 22.2 Å². The van der Waals surface area contributed by atoms with Crippen LogP contribution in [0.4, 0.5) is 24.5 Å². The minimum atomic E-state index is -4.35. The molecule has 0 saturated carbocycles. The van der Waals surface area contributed by atoms with Gasteiger partial charge in [-0.1, -0.05) is 0 Å². The van der Waals surface area contributed by atoms with E-state index < -0.39 is 17.6 Å². The molecule has 0 aliphatic carbocycles. The number of hydrogen-bond acceptors (Lipinski definition) is 4. The Hall–Kier alpha value is -3.95. The third-order valence-electron chi connectivity index (χ3n) is 6.40. The largest absolute Gasteiger partial charge is 0.416 e. The highest BCUT2D eigenvalue weighted by Gasteiger charge is 2.30. The number of alkyl halides is 3. The highest BCUT2D eigenvalue weighted by Crippen LogP contribution is 2.35. The van der Waals surface area contributed by atoms with E-state index in [0.29, 0.717) is 23.3 Å². The van der Waals surface area contributed by atoms with E-state index in [-0.39, 0.29) is 6.04 Å². The summed E-state index contributed by atoms with van der Waals surface area (Å²) in [6.45, 7) is 1.49. The average Bonchev–Trinajstić information content (AvgIpc) is 3.45. The lowest BCUT2D eigenvalue weighted by molar-refractivity contribution is -0.137. The summed E-state index contributed by atoms with van der Waals surface area (Å²) >= 11 is 0. The Bertz CT molecular complexity index is 1370. The molecule has 1 unspecified atom stereocenters. The van der Waals surface area contributed by atoms with E-state index in [1.165, 1.54) is 12.1 Å². The van der Waals surface area contributed by atoms with Crippen molar-refractivity contribution in [3.63, 3.8) is 0 Å². The van der Waals surface area contributed by atoms with Crippen LogP contribution in [0.3, 0.4) is 0 Å². The third-order valence-corrected chi connectivity index (χ3v) is 6.40. The van der Waals surface area contributed by atoms with E-state index in [1.54, 1.807) is 16.9 Å². The Morgan fingerprint density at radius 1 is 1.20 bits per heavy atom. The number of H-pyrrole nitrogens is 1. The first-order chi connectivity index (χ1) is 16.7. The Kier molecular flexibility index (Phi) is 5.66. The summed E-state index contributed by atoms with van der Waals surface area (Å²) in [7, 11) is 1.84. The van der Waals surface area contributed by atoms with Crippen LogP contribution in [0.2, 0.25) is 0 Å². The highest BCUT2D eigenvalue weighted by molar-refractivity contribution is 6.09. The van der Waals surface area contributed by atoms with E-state index in [0.717, 1.165) is 53.9 Å². The molecule has 1 amide bonds. The molecule has 1 aliphatic heterocycles. The van der Waals surface area contributed by atoms with Crippen LogP contribution in [0.5, 0.6) is 0 Å². The lowest BCUT2D eigenvalue weighted by atomic mass is 10.0. The first-order valence-electron chi connectivity index (χ1n) is 11.3. The number of anilines is 2. The molecule has 5 rings (SSSR count). The van der Waals surface area contributed by atoms with Gasteiger partial charge in [-0.15, -0.1) is 0 Å². The molecule has 3 heterocycles. The van der Waals surface area contributed by atoms with Gasteiger partial charge in [0.25, 0.3) is 5.91 Å². The molecule has 0 spiro atoms. The SMILES string of the molecule is Cn1cc(-c2cc3c(N4CCCC(Nc5ccc(C(F)(F)F)cc5)C4)ccc(C(N)=O)c3[nH]2)cn1. The number of fused-ring (bicyclic) bond motifs is 1. The number of primary amides is 1. The van der Waals surface area contributed by atoms with Gasteiger partial charge in [0.1, 0.15) is 0 Å². The van der Waals surface area contributed by atoms with Gasteiger partial charge in [0.05, 0.1) is 22.8 Å². The number of nitrogens with one attached hydrogen (secondary N) is 2. The zero-order valence-electron chi connectivity index (χ0n) is 19.1. The summed E-state index contributed by atoms with van der Waals surface area (Å²) in [6.07, 6.45) is 1.09. The number of hydrogen-bond donors (Lipinski definition) is 3. The van der Waals surface area contributed by atoms with Crippen molar-refractivity contribution in [2.75, 3.05) is 23.3 Å². The molecule has 4 aromatic rings. The lowest BCUT2D eigenvalue weighted by Crippen LogP contribution is -2.42. The maximum Gasteiger partial charge on any atom is 0.416 e. The highest BCUT2D eigenvalue weighted by atomic mass is 19.4. The minimum absolute atomic E-state index is 0.0584. The zero-order valence-corrected chi connectivity index (χ0v) is 19.1. The Morgan fingerprint density at radius 3 is 2.63 bits per heavy atom. The number of rotatable bonds is 5. The molecule has 1 aliphatic rings. The minimum Gasteiger partial charge on any atom is -0.381 e. The van der Waals surface area contributed by atoms with Crippen molar-refractivity contribution in [1.82, 2.24) is 14.8 Å². The smallest absolute Gasteiger partial charge is 0.381 e. The van der Waals surface area contributed by atoms with Gasteiger partial charge in [0.2, 0.25) is 0 Å². The van der Waals surface area contributed by atoms with Gasteiger partial charge in [-0.25, -0.2) is 0 Å². The third kappa shape index (κ3) is 4.55. The van der Waals surface area contributed by atoms with Crippen molar-refractivity contribution in [3.05, 3.63) is 66.0 Å². The first kappa shape index (κ1) is 22.8. The Morgan fingerprint density at radius 2 is 1.97 bits per heavy atom. The van der Waals surface area contributed by atoms with Crippen LogP contribution in [0, 0.1) is 0 Å². The van der Waals surface area contributed by atoms with E-state index >= 15 is 0 Å². The first-order valence-corrected chi connectivity index (χ1v) is 11.3. The van der Waals surface area contributed by atoms with Crippen LogP contribution in [0.1, 0.15) is 28.8 Å². The standard InChI is InChI=1S/C25H25F3N6O/c1-33-13-15(12-30-33)21-11-20-22(9-8-19(24(29)35)23(20)32-21)34-10-2-3-18(14-34)31-17-6-4-16(5-7-17)25(26,27)28/h4-9,11-13,18,31-32H,2-3,10,14H2,1H3,(H2,29,35). The van der Waals surface area contributed by atoms with E-state index in [9.17, 15) is 18.0 Å². The number of carbonyl (C=O) groups excluding carboxylic acids is 1. The number of benzene rings is 2. The van der Waals surface area contributed by atoms with Crippen LogP contribution < -0.4 is 16.0 Å². The van der Waals surface area contributed by atoms with Crippen molar-refractivity contribution in [1.29, 1.82) is 0 Å². The number of aromatic nitrogens is 3. The summed E-state index contributed by atoms with van der Waals surface area (Å²) in [5.74, 6) is -0.512. The molecular formula is C25H25F3N6O. The molecule has 4 N–H and O–H groups in total. The summed E-state index contributed by atoms with van der Waals surface area (Å²) < 4.78 is 40.3. The molecule has 7 nitrogen and oxygen atoms in total. The fourth-order valence-electron chi connectivity index (χ4n) is 4.71. The second-order valence-electron chi connectivity index (χ2n) is 8.88. The second kappa shape index (κ2) is 8.68. The monoisotopic (exact) mass is 482 g/mol. The summed E-state index contributed by atoms with van der Waals surface area (Å²) in [5.41, 5.74) is 9.40. The van der Waals surface area contributed by atoms with Gasteiger partial charge in [-0.2, -0.15) is 18.3 Å². The molecular weight excluding hydrogens is 457 g/mol. The van der Waals surface area contributed by atoms with Gasteiger partial charge in [-0.05, 0) is 55.3 Å². The van der Waals surface area contributed by atoms with E-state index in [4.69, 9.17) is 5.73 Å². The van der Waals surface area contributed by atoms with Gasteiger partial charge in [0.15, 0.2) is 0 Å². The molecule has 0 bridgehead atoms. The van der Waals surface area contributed by atoms with E-state index in [1.807, 2.05) is 25.4 Å². The van der Waals surface area contributed by atoms with Crippen molar-refractivity contribution in [2.24, 2.45) is 12.8 Å². The Balaban J connectivity index is 1.43. The molecule has 0 radical (unpaired) electrons. The number of carbonyl (C=O) groups is 1. The molecule has 2 aromatic carbocycles. The van der Waals surface area contributed by atoms with Crippen molar-refractivity contribution in [3.8, 4) is 11.3 Å². The van der Waals surface area contributed by atoms with Gasteiger partial charge < -0.3 is 20.9 Å². The Labute approximate surface area is 199 Å². The average molecular weight is 483 g/mol. The lowest BCUT2D eigenvalue weighted by Gasteiger charge is -2.35. The topological polar surface area (TPSA) is 92.0 Å². The number of nitrogens with zero attached hydrogens (tertiary/aromatic N) is 3. The number of aryl methyl sites for hydroxylation is 1.